The van der Waals surface area contributed by atoms with Crippen LogP contribution >= 0.6 is 0 Å². The lowest BCUT2D eigenvalue weighted by molar-refractivity contribution is 0.482. The van der Waals surface area contributed by atoms with Gasteiger partial charge in [-0.3, -0.25) is 4.98 Å². The van der Waals surface area contributed by atoms with E-state index in [4.69, 9.17) is 5.26 Å². The fraction of sp³-hybridized carbons (Fsp3) is 0.308. The normalized spacial score (nSPS) is 18.8. The van der Waals surface area contributed by atoms with Crippen LogP contribution in [0.25, 0.3) is 10.9 Å². The lowest BCUT2D eigenvalue weighted by Crippen LogP contribution is -2.45. The summed E-state index contributed by atoms with van der Waals surface area (Å²) >= 11 is 0. The summed E-state index contributed by atoms with van der Waals surface area (Å²) in [6.45, 7) is 3.28. The van der Waals surface area contributed by atoms with E-state index in [-0.39, 0.29) is 0 Å². The van der Waals surface area contributed by atoms with E-state index in [9.17, 15) is 0 Å². The van der Waals surface area contributed by atoms with Crippen LogP contribution in [0.3, 0.4) is 0 Å². The molecule has 0 spiro atoms. The van der Waals surface area contributed by atoms with Crippen molar-refractivity contribution in [2.75, 3.05) is 11.4 Å². The second kappa shape index (κ2) is 3.70. The molecule has 1 atom stereocenters. The molecule has 84 valence electrons. The van der Waals surface area contributed by atoms with E-state index >= 15 is 0 Å². The molecule has 0 saturated carbocycles. The number of anilines is 1. The molecule has 1 aliphatic heterocycles. The number of nitriles is 1. The van der Waals surface area contributed by atoms with Crippen molar-refractivity contribution < 1.29 is 0 Å². The summed E-state index contributed by atoms with van der Waals surface area (Å²) in [5.74, 6) is 0. The first-order valence-electron chi connectivity index (χ1n) is 5.71. The highest BCUT2D eigenvalue weighted by Gasteiger charge is 2.25. The molecule has 0 aliphatic carbocycles. The van der Waals surface area contributed by atoms with Crippen LogP contribution in [0.4, 0.5) is 5.69 Å². The Morgan fingerprint density at radius 1 is 1.41 bits per heavy atom. The molecule has 1 fully saturated rings. The number of nitrogens with zero attached hydrogens (tertiary/aromatic N) is 4. The van der Waals surface area contributed by atoms with Crippen LogP contribution in [0.2, 0.25) is 0 Å². The van der Waals surface area contributed by atoms with Gasteiger partial charge in [-0.15, -0.1) is 0 Å². The first-order chi connectivity index (χ1) is 8.29. The van der Waals surface area contributed by atoms with E-state index in [1.807, 2.05) is 12.3 Å². The van der Waals surface area contributed by atoms with Crippen molar-refractivity contribution in [3.8, 4) is 6.07 Å². The van der Waals surface area contributed by atoms with Crippen LogP contribution in [0, 0.1) is 11.3 Å². The van der Waals surface area contributed by atoms with Crippen molar-refractivity contribution in [3.05, 3.63) is 30.2 Å². The van der Waals surface area contributed by atoms with Crippen molar-refractivity contribution >= 4 is 16.6 Å². The van der Waals surface area contributed by atoms with E-state index in [0.29, 0.717) is 11.7 Å². The maximum atomic E-state index is 8.83. The Balaban J connectivity index is 2.17. The molecule has 1 saturated heterocycles. The molecule has 0 N–H and O–H groups in total. The van der Waals surface area contributed by atoms with Crippen molar-refractivity contribution in [3.63, 3.8) is 0 Å². The van der Waals surface area contributed by atoms with Gasteiger partial charge in [-0.2, -0.15) is 5.26 Å². The maximum Gasteiger partial charge on any atom is 0.141 e. The molecule has 1 aliphatic rings. The first-order valence-corrected chi connectivity index (χ1v) is 5.71. The number of hydrogen-bond acceptors (Lipinski definition) is 4. The summed E-state index contributed by atoms with van der Waals surface area (Å²) in [5.41, 5.74) is 2.35. The molecule has 2 aromatic rings. The maximum absolute atomic E-state index is 8.83. The fourth-order valence-corrected chi connectivity index (χ4v) is 2.20. The Morgan fingerprint density at radius 3 is 2.94 bits per heavy atom. The van der Waals surface area contributed by atoms with Crippen molar-refractivity contribution in [1.82, 2.24) is 9.97 Å². The Bertz CT molecular complexity index is 614. The zero-order valence-corrected chi connectivity index (χ0v) is 9.59. The van der Waals surface area contributed by atoms with Gasteiger partial charge in [-0.25, -0.2) is 4.98 Å². The van der Waals surface area contributed by atoms with Gasteiger partial charge in [0.15, 0.2) is 0 Å². The lowest BCUT2D eigenvalue weighted by atomic mass is 10.0. The molecule has 4 nitrogen and oxygen atoms in total. The van der Waals surface area contributed by atoms with Gasteiger partial charge in [-0.05, 0) is 25.5 Å². The molecule has 2 aromatic heterocycles. The number of aromatic nitrogens is 2. The van der Waals surface area contributed by atoms with Crippen LogP contribution in [0.15, 0.2) is 24.5 Å². The third kappa shape index (κ3) is 1.51. The van der Waals surface area contributed by atoms with Crippen LogP contribution in [0.5, 0.6) is 0 Å². The minimum Gasteiger partial charge on any atom is -0.367 e. The van der Waals surface area contributed by atoms with E-state index in [0.717, 1.165) is 23.1 Å². The summed E-state index contributed by atoms with van der Waals surface area (Å²) in [7, 11) is 0. The SMILES string of the molecule is C[C@H]1CCN1c1cncc2nc(C#N)ccc12. The van der Waals surface area contributed by atoms with Crippen LogP contribution < -0.4 is 4.90 Å². The van der Waals surface area contributed by atoms with E-state index in [1.54, 1.807) is 12.3 Å². The summed E-state index contributed by atoms with van der Waals surface area (Å²) in [6.07, 6.45) is 4.82. The van der Waals surface area contributed by atoms with Crippen LogP contribution in [0.1, 0.15) is 19.0 Å². The smallest absolute Gasteiger partial charge is 0.141 e. The highest BCUT2D eigenvalue weighted by molar-refractivity contribution is 5.91. The third-order valence-electron chi connectivity index (χ3n) is 3.34. The number of pyridine rings is 2. The molecule has 0 bridgehead atoms. The van der Waals surface area contributed by atoms with Gasteiger partial charge in [0, 0.05) is 18.0 Å². The quantitative estimate of drug-likeness (QED) is 0.744. The Kier molecular flexibility index (Phi) is 2.19. The molecular weight excluding hydrogens is 212 g/mol. The second-order valence-corrected chi connectivity index (χ2v) is 4.36. The minimum atomic E-state index is 0.438. The largest absolute Gasteiger partial charge is 0.367 e. The van der Waals surface area contributed by atoms with E-state index in [1.165, 1.54) is 6.42 Å². The topological polar surface area (TPSA) is 52.8 Å². The second-order valence-electron chi connectivity index (χ2n) is 4.36. The van der Waals surface area contributed by atoms with Gasteiger partial charge < -0.3 is 4.90 Å². The molecule has 0 unspecified atom stereocenters. The predicted molar refractivity (Wildman–Crippen MR) is 65.7 cm³/mol. The van der Waals surface area contributed by atoms with Gasteiger partial charge in [0.25, 0.3) is 0 Å². The molecule has 0 amide bonds. The summed E-state index contributed by atoms with van der Waals surface area (Å²) < 4.78 is 0. The molecule has 17 heavy (non-hydrogen) atoms. The molecular formula is C13H12N4. The average Bonchev–Trinajstić information content (AvgIpc) is 2.36. The zero-order chi connectivity index (χ0) is 11.8. The number of hydrogen-bond donors (Lipinski definition) is 0. The minimum absolute atomic E-state index is 0.438. The lowest BCUT2D eigenvalue weighted by Gasteiger charge is -2.41. The van der Waals surface area contributed by atoms with Gasteiger partial charge in [0.2, 0.25) is 0 Å². The molecule has 3 heterocycles. The third-order valence-corrected chi connectivity index (χ3v) is 3.34. The summed E-state index contributed by atoms with van der Waals surface area (Å²) in [4.78, 5) is 10.8. The Labute approximate surface area is 99.5 Å². The fourth-order valence-electron chi connectivity index (χ4n) is 2.20. The van der Waals surface area contributed by atoms with Crippen molar-refractivity contribution in [1.29, 1.82) is 5.26 Å². The molecule has 4 heteroatoms. The summed E-state index contributed by atoms with van der Waals surface area (Å²) in [6, 6.07) is 6.34. The Morgan fingerprint density at radius 2 is 2.29 bits per heavy atom. The molecule has 0 radical (unpaired) electrons. The van der Waals surface area contributed by atoms with Crippen molar-refractivity contribution in [2.45, 2.75) is 19.4 Å². The van der Waals surface area contributed by atoms with Crippen LogP contribution in [-0.2, 0) is 0 Å². The number of rotatable bonds is 1. The van der Waals surface area contributed by atoms with E-state index < -0.39 is 0 Å². The van der Waals surface area contributed by atoms with Gasteiger partial charge in [0.1, 0.15) is 11.8 Å². The zero-order valence-electron chi connectivity index (χ0n) is 9.59. The first kappa shape index (κ1) is 10.0. The van der Waals surface area contributed by atoms with Gasteiger partial charge in [0.05, 0.1) is 23.6 Å². The monoisotopic (exact) mass is 224 g/mol. The summed E-state index contributed by atoms with van der Waals surface area (Å²) in [5, 5.41) is 9.91. The van der Waals surface area contributed by atoms with Gasteiger partial charge in [-0.1, -0.05) is 0 Å². The Hall–Kier alpha value is -2.15. The number of fused-ring (bicyclic) bond motifs is 1. The predicted octanol–water partition coefficient (Wildman–Crippen LogP) is 2.10. The van der Waals surface area contributed by atoms with Crippen LogP contribution in [-0.4, -0.2) is 22.6 Å². The van der Waals surface area contributed by atoms with Crippen molar-refractivity contribution in [2.24, 2.45) is 0 Å². The van der Waals surface area contributed by atoms with Gasteiger partial charge >= 0.3 is 0 Å². The van der Waals surface area contributed by atoms with E-state index in [2.05, 4.69) is 27.9 Å². The highest BCUT2D eigenvalue weighted by Crippen LogP contribution is 2.31. The molecule has 3 rings (SSSR count). The standard InChI is InChI=1S/C13H12N4/c1-9-4-5-17(9)13-8-15-7-12-11(13)3-2-10(6-14)16-12/h2-3,7-9H,4-5H2,1H3/t9-/m0/s1. The molecule has 0 aromatic carbocycles. The highest BCUT2D eigenvalue weighted by atomic mass is 15.2. The average molecular weight is 224 g/mol.